The number of nitrogens with one attached hydrogen (secondary N) is 2. The number of hydrogen-bond donors (Lipinski definition) is 2. The molecule has 0 radical (unpaired) electrons. The Morgan fingerprint density at radius 3 is 2.53 bits per heavy atom. The van der Waals surface area contributed by atoms with Crippen molar-refractivity contribution >= 4 is 23.8 Å². The van der Waals surface area contributed by atoms with Crippen molar-refractivity contribution in [3.63, 3.8) is 0 Å². The van der Waals surface area contributed by atoms with Crippen LogP contribution in [0.15, 0.2) is 77.9 Å². The number of anilines is 1. The quantitative estimate of drug-likeness (QED) is 0.230. The zero-order valence-corrected chi connectivity index (χ0v) is 18.0. The molecule has 0 aliphatic rings. The van der Waals surface area contributed by atoms with Crippen molar-refractivity contribution in [3.8, 4) is 11.5 Å². The number of esters is 1. The molecule has 2 N–H and O–H groups in total. The second-order valence-electron chi connectivity index (χ2n) is 6.91. The predicted molar refractivity (Wildman–Crippen MR) is 124 cm³/mol. The number of amides is 1. The summed E-state index contributed by atoms with van der Waals surface area (Å²) in [5.74, 6) is -0.0278. The summed E-state index contributed by atoms with van der Waals surface area (Å²) in [6, 6.07) is 21.5. The molecule has 0 aliphatic carbocycles. The van der Waals surface area contributed by atoms with E-state index in [4.69, 9.17) is 9.47 Å². The smallest absolute Gasteiger partial charge is 0.343 e. The second kappa shape index (κ2) is 11.3. The van der Waals surface area contributed by atoms with Gasteiger partial charge in [-0.15, -0.1) is 0 Å². The van der Waals surface area contributed by atoms with Crippen LogP contribution in [0.2, 0.25) is 0 Å². The fourth-order valence-corrected chi connectivity index (χ4v) is 2.85. The molecular weight excluding hydrogens is 406 g/mol. The molecule has 3 aromatic rings. The number of ether oxygens (including phenoxy) is 2. The third-order valence-electron chi connectivity index (χ3n) is 4.35. The van der Waals surface area contributed by atoms with Crippen LogP contribution >= 0.6 is 0 Å². The summed E-state index contributed by atoms with van der Waals surface area (Å²) < 4.78 is 11.1. The first kappa shape index (κ1) is 22.6. The van der Waals surface area contributed by atoms with Gasteiger partial charge >= 0.3 is 5.97 Å². The SMILES string of the molecule is CCOc1cc(/C=N\NC(=O)CNc2cccc(C)c2)ccc1OC(=O)c1ccccc1. The van der Waals surface area contributed by atoms with Gasteiger partial charge in [0.15, 0.2) is 11.5 Å². The highest BCUT2D eigenvalue weighted by Crippen LogP contribution is 2.29. The van der Waals surface area contributed by atoms with E-state index in [0.29, 0.717) is 29.2 Å². The lowest BCUT2D eigenvalue weighted by atomic mass is 10.2. The summed E-state index contributed by atoms with van der Waals surface area (Å²) in [7, 11) is 0. The third-order valence-corrected chi connectivity index (χ3v) is 4.35. The topological polar surface area (TPSA) is 89.0 Å². The van der Waals surface area contributed by atoms with E-state index in [1.54, 1.807) is 42.5 Å². The Morgan fingerprint density at radius 1 is 0.969 bits per heavy atom. The van der Waals surface area contributed by atoms with Crippen LogP contribution in [0.25, 0.3) is 0 Å². The van der Waals surface area contributed by atoms with E-state index >= 15 is 0 Å². The standard InChI is InChI=1S/C25H25N3O4/c1-3-31-23-15-19(12-13-22(23)32-25(30)20-9-5-4-6-10-20)16-27-28-24(29)17-26-21-11-7-8-18(2)14-21/h4-16,26H,3,17H2,1-2H3,(H,28,29)/b27-16-. The van der Waals surface area contributed by atoms with Gasteiger partial charge < -0.3 is 14.8 Å². The number of rotatable bonds is 9. The Bertz CT molecular complexity index is 1100. The van der Waals surface area contributed by atoms with Crippen molar-refractivity contribution in [3.05, 3.63) is 89.5 Å². The molecule has 7 nitrogen and oxygen atoms in total. The Balaban J connectivity index is 1.58. The highest BCUT2D eigenvalue weighted by Gasteiger charge is 2.13. The summed E-state index contributed by atoms with van der Waals surface area (Å²) in [6.45, 7) is 4.32. The number of hydrazone groups is 1. The normalized spacial score (nSPS) is 10.6. The molecule has 0 aromatic heterocycles. The van der Waals surface area contributed by atoms with E-state index in [1.807, 2.05) is 44.2 Å². The van der Waals surface area contributed by atoms with Gasteiger partial charge in [0, 0.05) is 5.69 Å². The molecule has 7 heteroatoms. The average molecular weight is 431 g/mol. The van der Waals surface area contributed by atoms with Crippen LogP contribution in [0.4, 0.5) is 5.69 Å². The van der Waals surface area contributed by atoms with E-state index in [2.05, 4.69) is 15.8 Å². The lowest BCUT2D eigenvalue weighted by molar-refractivity contribution is -0.119. The number of hydrogen-bond acceptors (Lipinski definition) is 6. The predicted octanol–water partition coefficient (Wildman–Crippen LogP) is 4.18. The van der Waals surface area contributed by atoms with Crippen molar-refractivity contribution < 1.29 is 19.1 Å². The van der Waals surface area contributed by atoms with Crippen molar-refractivity contribution in [2.75, 3.05) is 18.5 Å². The molecule has 1 amide bonds. The minimum absolute atomic E-state index is 0.0966. The summed E-state index contributed by atoms with van der Waals surface area (Å²) in [4.78, 5) is 24.3. The van der Waals surface area contributed by atoms with Crippen molar-refractivity contribution in [2.24, 2.45) is 5.10 Å². The van der Waals surface area contributed by atoms with E-state index in [1.165, 1.54) is 6.21 Å². The molecule has 32 heavy (non-hydrogen) atoms. The van der Waals surface area contributed by atoms with Crippen molar-refractivity contribution in [1.29, 1.82) is 0 Å². The lowest BCUT2D eigenvalue weighted by Crippen LogP contribution is -2.25. The number of nitrogens with zero attached hydrogens (tertiary/aromatic N) is 1. The van der Waals surface area contributed by atoms with Crippen molar-refractivity contribution in [1.82, 2.24) is 5.43 Å². The maximum atomic E-state index is 12.3. The first-order valence-corrected chi connectivity index (χ1v) is 10.2. The fraction of sp³-hybridized carbons (Fsp3) is 0.160. The number of carbonyl (C=O) groups is 2. The van der Waals surface area contributed by atoms with Crippen LogP contribution in [0.5, 0.6) is 11.5 Å². The van der Waals surface area contributed by atoms with Crippen LogP contribution in [0, 0.1) is 6.92 Å². The van der Waals surface area contributed by atoms with E-state index in [9.17, 15) is 9.59 Å². The van der Waals surface area contributed by atoms with E-state index in [-0.39, 0.29) is 12.5 Å². The van der Waals surface area contributed by atoms with Crippen molar-refractivity contribution in [2.45, 2.75) is 13.8 Å². The highest BCUT2D eigenvalue weighted by atomic mass is 16.6. The maximum absolute atomic E-state index is 12.3. The van der Waals surface area contributed by atoms with Gasteiger partial charge in [0.2, 0.25) is 0 Å². The Kier molecular flexibility index (Phi) is 7.97. The van der Waals surface area contributed by atoms with Gasteiger partial charge in [-0.1, -0.05) is 30.3 Å². The van der Waals surface area contributed by atoms with Gasteiger partial charge in [0.05, 0.1) is 24.9 Å². The first-order valence-electron chi connectivity index (χ1n) is 10.2. The molecule has 0 saturated carbocycles. The molecule has 0 fully saturated rings. The zero-order valence-electron chi connectivity index (χ0n) is 18.0. The number of aryl methyl sites for hydroxylation is 1. The Hall–Kier alpha value is -4.13. The highest BCUT2D eigenvalue weighted by molar-refractivity contribution is 5.91. The molecule has 164 valence electrons. The molecule has 0 heterocycles. The molecule has 0 spiro atoms. The van der Waals surface area contributed by atoms with Gasteiger partial charge in [-0.2, -0.15) is 5.10 Å². The van der Waals surface area contributed by atoms with E-state index < -0.39 is 5.97 Å². The van der Waals surface area contributed by atoms with Crippen LogP contribution in [0.1, 0.15) is 28.4 Å². The zero-order chi connectivity index (χ0) is 22.8. The van der Waals surface area contributed by atoms with Gasteiger partial charge in [-0.25, -0.2) is 10.2 Å². The van der Waals surface area contributed by atoms with Crippen LogP contribution in [-0.4, -0.2) is 31.2 Å². The molecule has 0 saturated heterocycles. The lowest BCUT2D eigenvalue weighted by Gasteiger charge is -2.11. The summed E-state index contributed by atoms with van der Waals surface area (Å²) in [5, 5.41) is 7.03. The minimum Gasteiger partial charge on any atom is -0.490 e. The summed E-state index contributed by atoms with van der Waals surface area (Å²) in [5.41, 5.74) is 5.58. The summed E-state index contributed by atoms with van der Waals surface area (Å²) in [6.07, 6.45) is 1.50. The number of benzene rings is 3. The monoisotopic (exact) mass is 431 g/mol. The Labute approximate surface area is 187 Å². The van der Waals surface area contributed by atoms with Gasteiger partial charge in [0.1, 0.15) is 0 Å². The van der Waals surface area contributed by atoms with Gasteiger partial charge in [-0.05, 0) is 67.4 Å². The maximum Gasteiger partial charge on any atom is 0.343 e. The molecule has 0 aliphatic heterocycles. The Morgan fingerprint density at radius 2 is 1.78 bits per heavy atom. The average Bonchev–Trinajstić information content (AvgIpc) is 2.80. The number of carbonyl (C=O) groups excluding carboxylic acids is 2. The first-order chi connectivity index (χ1) is 15.5. The third kappa shape index (κ3) is 6.70. The summed E-state index contributed by atoms with van der Waals surface area (Å²) >= 11 is 0. The molecule has 3 rings (SSSR count). The van der Waals surface area contributed by atoms with Crippen LogP contribution in [-0.2, 0) is 4.79 Å². The fourth-order valence-electron chi connectivity index (χ4n) is 2.85. The van der Waals surface area contributed by atoms with Crippen LogP contribution < -0.4 is 20.2 Å². The molecule has 3 aromatic carbocycles. The molecule has 0 bridgehead atoms. The molecule has 0 atom stereocenters. The minimum atomic E-state index is -0.471. The molecule has 0 unspecified atom stereocenters. The largest absolute Gasteiger partial charge is 0.490 e. The van der Waals surface area contributed by atoms with Crippen LogP contribution in [0.3, 0.4) is 0 Å². The van der Waals surface area contributed by atoms with E-state index in [0.717, 1.165) is 11.3 Å². The second-order valence-corrected chi connectivity index (χ2v) is 6.91. The van der Waals surface area contributed by atoms with Gasteiger partial charge in [0.25, 0.3) is 5.91 Å². The van der Waals surface area contributed by atoms with Gasteiger partial charge in [-0.3, -0.25) is 4.79 Å². The molecular formula is C25H25N3O4.